The van der Waals surface area contributed by atoms with E-state index in [1.807, 2.05) is 44.5 Å². The minimum absolute atomic E-state index is 0.0585. The van der Waals surface area contributed by atoms with Crippen LogP contribution >= 0.6 is 11.3 Å². The second kappa shape index (κ2) is 8.87. The van der Waals surface area contributed by atoms with E-state index in [4.69, 9.17) is 0 Å². The molecular weight excluding hydrogens is 384 g/mol. The summed E-state index contributed by atoms with van der Waals surface area (Å²) < 4.78 is 0. The lowest BCUT2D eigenvalue weighted by molar-refractivity contribution is 0.0939. The van der Waals surface area contributed by atoms with Crippen LogP contribution in [0, 0.1) is 6.92 Å². The number of nitrogens with zero attached hydrogens (tertiary/aromatic N) is 1. The highest BCUT2D eigenvalue weighted by atomic mass is 32.1. The third-order valence-corrected chi connectivity index (χ3v) is 5.57. The Balaban J connectivity index is 1.96. The molecule has 0 aliphatic rings. The third kappa shape index (κ3) is 4.46. The number of allylic oxidation sites excluding steroid dienone is 2. The zero-order valence-corrected chi connectivity index (χ0v) is 17.5. The number of hydrogen-bond donors (Lipinski definition) is 3. The van der Waals surface area contributed by atoms with Crippen molar-refractivity contribution in [3.05, 3.63) is 69.7 Å². The van der Waals surface area contributed by atoms with E-state index in [-0.39, 0.29) is 17.5 Å². The molecule has 7 heteroatoms. The number of nitrogens with one attached hydrogen (secondary N) is 3. The lowest BCUT2D eigenvalue weighted by Crippen LogP contribution is -2.32. The fraction of sp³-hybridized carbons (Fsp3) is 0.227. The van der Waals surface area contributed by atoms with Crippen molar-refractivity contribution < 1.29 is 4.79 Å². The van der Waals surface area contributed by atoms with Gasteiger partial charge in [-0.2, -0.15) is 0 Å². The second-order valence-corrected chi connectivity index (χ2v) is 7.65. The van der Waals surface area contributed by atoms with Gasteiger partial charge in [-0.05, 0) is 26.3 Å². The quantitative estimate of drug-likeness (QED) is 0.502. The first-order valence-corrected chi connectivity index (χ1v) is 10.3. The van der Waals surface area contributed by atoms with Gasteiger partial charge in [-0.25, -0.2) is 4.98 Å². The Bertz CT molecular complexity index is 1120. The van der Waals surface area contributed by atoms with E-state index >= 15 is 0 Å². The van der Waals surface area contributed by atoms with Crippen molar-refractivity contribution in [1.82, 2.24) is 20.3 Å². The predicted molar refractivity (Wildman–Crippen MR) is 119 cm³/mol. The molecule has 0 aliphatic carbocycles. The maximum absolute atomic E-state index is 12.4. The third-order valence-electron chi connectivity index (χ3n) is 4.69. The van der Waals surface area contributed by atoms with Crippen LogP contribution in [0.25, 0.3) is 27.9 Å². The van der Waals surface area contributed by atoms with Gasteiger partial charge in [0.25, 0.3) is 11.5 Å². The van der Waals surface area contributed by atoms with Crippen molar-refractivity contribution in [1.29, 1.82) is 0 Å². The Hall–Kier alpha value is -3.19. The lowest BCUT2D eigenvalue weighted by Gasteiger charge is -2.11. The fourth-order valence-electron chi connectivity index (χ4n) is 2.83. The molecule has 0 fully saturated rings. The van der Waals surface area contributed by atoms with Crippen LogP contribution in [-0.2, 0) is 0 Å². The molecule has 0 aromatic carbocycles. The number of thiazole rings is 1. The Morgan fingerprint density at radius 1 is 1.34 bits per heavy atom. The van der Waals surface area contributed by atoms with Gasteiger partial charge in [0.2, 0.25) is 0 Å². The van der Waals surface area contributed by atoms with E-state index in [2.05, 4.69) is 26.8 Å². The van der Waals surface area contributed by atoms with Gasteiger partial charge < -0.3 is 15.3 Å². The average molecular weight is 409 g/mol. The molecule has 3 heterocycles. The predicted octanol–water partition coefficient (Wildman–Crippen LogP) is 4.53. The molecule has 0 bridgehead atoms. The Labute approximate surface area is 173 Å². The molecule has 3 N–H and O–H groups in total. The topological polar surface area (TPSA) is 90.6 Å². The van der Waals surface area contributed by atoms with Crippen molar-refractivity contribution in [3.8, 4) is 21.8 Å². The molecule has 29 heavy (non-hydrogen) atoms. The largest absolute Gasteiger partial charge is 0.364 e. The van der Waals surface area contributed by atoms with Crippen LogP contribution in [0.1, 0.15) is 41.9 Å². The highest BCUT2D eigenvalue weighted by molar-refractivity contribution is 7.13. The number of aromatic amines is 2. The van der Waals surface area contributed by atoms with Gasteiger partial charge in [0, 0.05) is 40.6 Å². The Morgan fingerprint density at radius 2 is 2.14 bits per heavy atom. The van der Waals surface area contributed by atoms with Crippen molar-refractivity contribution in [2.45, 2.75) is 33.2 Å². The van der Waals surface area contributed by atoms with Gasteiger partial charge >= 0.3 is 0 Å². The summed E-state index contributed by atoms with van der Waals surface area (Å²) >= 11 is 1.37. The summed E-state index contributed by atoms with van der Waals surface area (Å²) in [6.07, 6.45) is 9.73. The van der Waals surface area contributed by atoms with Crippen molar-refractivity contribution in [2.24, 2.45) is 0 Å². The number of carbonyl (C=O) groups is 1. The number of amides is 1. The zero-order chi connectivity index (χ0) is 21.0. The number of hydrogen-bond acceptors (Lipinski definition) is 4. The van der Waals surface area contributed by atoms with Gasteiger partial charge in [-0.15, -0.1) is 11.3 Å². The Kier molecular flexibility index (Phi) is 6.29. The van der Waals surface area contributed by atoms with Crippen LogP contribution in [-0.4, -0.2) is 26.9 Å². The number of aryl methyl sites for hydroxylation is 1. The summed E-state index contributed by atoms with van der Waals surface area (Å²) in [5, 5.41) is 5.38. The van der Waals surface area contributed by atoms with Crippen LogP contribution in [0.5, 0.6) is 0 Å². The van der Waals surface area contributed by atoms with Crippen molar-refractivity contribution in [2.75, 3.05) is 0 Å². The van der Waals surface area contributed by atoms with E-state index in [9.17, 15) is 9.59 Å². The summed E-state index contributed by atoms with van der Waals surface area (Å²) in [5.74, 6) is -0.216. The maximum atomic E-state index is 12.4. The standard InChI is InChI=1S/C22H24N4O2S/c1-5-7-8-16-14(4)23-11-18(16)19-12-29-22(26-19)17-9-15(10-24-21(17)28)20(27)25-13(3)6-2/h5,7-13,23H,1,6H2,2-4H3,(H,24,28)(H,25,27)/b8-7-. The molecule has 150 valence electrons. The van der Waals surface area contributed by atoms with Gasteiger partial charge in [0.1, 0.15) is 5.01 Å². The summed E-state index contributed by atoms with van der Waals surface area (Å²) in [5.41, 5.74) is 4.28. The number of H-pyrrole nitrogens is 2. The minimum Gasteiger partial charge on any atom is -0.364 e. The molecule has 0 saturated carbocycles. The smallest absolute Gasteiger partial charge is 0.258 e. The van der Waals surface area contributed by atoms with Gasteiger partial charge in [0.15, 0.2) is 0 Å². The monoisotopic (exact) mass is 408 g/mol. The summed E-state index contributed by atoms with van der Waals surface area (Å²) in [4.78, 5) is 35.3. The average Bonchev–Trinajstić information content (AvgIpc) is 3.33. The zero-order valence-electron chi connectivity index (χ0n) is 16.7. The van der Waals surface area contributed by atoms with E-state index < -0.39 is 0 Å². The highest BCUT2D eigenvalue weighted by Crippen LogP contribution is 2.31. The molecule has 0 spiro atoms. The molecule has 1 unspecified atom stereocenters. The van der Waals surface area contributed by atoms with Gasteiger partial charge in [-0.1, -0.05) is 31.7 Å². The number of pyridine rings is 1. The lowest BCUT2D eigenvalue weighted by atomic mass is 10.1. The Morgan fingerprint density at radius 3 is 2.86 bits per heavy atom. The molecule has 0 aliphatic heterocycles. The molecule has 1 atom stereocenters. The maximum Gasteiger partial charge on any atom is 0.258 e. The van der Waals surface area contributed by atoms with Crippen LogP contribution in [0.2, 0.25) is 0 Å². The van der Waals surface area contributed by atoms with E-state index in [1.54, 1.807) is 12.1 Å². The first kappa shape index (κ1) is 20.5. The first-order valence-electron chi connectivity index (χ1n) is 9.41. The van der Waals surface area contributed by atoms with E-state index in [0.29, 0.717) is 16.1 Å². The van der Waals surface area contributed by atoms with Crippen LogP contribution in [0.4, 0.5) is 0 Å². The molecule has 1 amide bonds. The summed E-state index contributed by atoms with van der Waals surface area (Å²) in [6.45, 7) is 9.64. The molecule has 3 aromatic heterocycles. The molecule has 0 radical (unpaired) electrons. The second-order valence-electron chi connectivity index (χ2n) is 6.79. The molecule has 0 saturated heterocycles. The molecule has 6 nitrogen and oxygen atoms in total. The first-order chi connectivity index (χ1) is 13.9. The van der Waals surface area contributed by atoms with Crippen LogP contribution in [0.15, 0.2) is 47.4 Å². The van der Waals surface area contributed by atoms with Crippen molar-refractivity contribution in [3.63, 3.8) is 0 Å². The minimum atomic E-state index is -0.275. The number of carbonyl (C=O) groups excluding carboxylic acids is 1. The number of rotatable bonds is 7. The van der Waals surface area contributed by atoms with Crippen LogP contribution in [0.3, 0.4) is 0 Å². The fourth-order valence-corrected chi connectivity index (χ4v) is 3.67. The highest BCUT2D eigenvalue weighted by Gasteiger charge is 2.16. The molecule has 3 aromatic rings. The molecule has 3 rings (SSSR count). The normalized spacial score (nSPS) is 12.2. The molecular formula is C22H24N4O2S. The van der Waals surface area contributed by atoms with E-state index in [1.165, 1.54) is 17.5 Å². The van der Waals surface area contributed by atoms with E-state index in [0.717, 1.165) is 28.9 Å². The van der Waals surface area contributed by atoms with Gasteiger partial charge in [0.05, 0.1) is 16.8 Å². The van der Waals surface area contributed by atoms with Crippen molar-refractivity contribution >= 4 is 23.3 Å². The SMILES string of the molecule is C=C/C=C\c1c(-c2csc(-c3cc(C(=O)NC(C)CC)c[nH]c3=O)n2)c[nH]c1C. The van der Waals surface area contributed by atoms with Gasteiger partial charge in [-0.3, -0.25) is 9.59 Å². The number of aromatic nitrogens is 3. The van der Waals surface area contributed by atoms with Crippen LogP contribution < -0.4 is 10.9 Å². The summed E-state index contributed by atoms with van der Waals surface area (Å²) in [7, 11) is 0. The summed E-state index contributed by atoms with van der Waals surface area (Å²) in [6, 6.07) is 1.66.